The van der Waals surface area contributed by atoms with E-state index in [2.05, 4.69) is 52.8 Å². The van der Waals surface area contributed by atoms with Gasteiger partial charge in [0.15, 0.2) is 5.69 Å². The van der Waals surface area contributed by atoms with E-state index in [1.165, 1.54) is 0 Å². The number of hydrogen-bond donors (Lipinski definition) is 3. The van der Waals surface area contributed by atoms with Crippen LogP contribution in [-0.2, 0) is 32.7 Å². The molecule has 0 saturated heterocycles. The van der Waals surface area contributed by atoms with E-state index in [0.717, 1.165) is 90.7 Å². The zero-order chi connectivity index (χ0) is 24.5. The third kappa shape index (κ3) is 4.55. The number of hydrogen-bond acceptors (Lipinski definition) is 6. The summed E-state index contributed by atoms with van der Waals surface area (Å²) >= 11 is 0. The van der Waals surface area contributed by atoms with E-state index in [4.69, 9.17) is 10.7 Å². The lowest BCUT2D eigenvalue weighted by molar-refractivity contribution is 0.102. The Labute approximate surface area is 206 Å². The van der Waals surface area contributed by atoms with Crippen LogP contribution in [0.2, 0.25) is 0 Å². The molecule has 184 valence electrons. The van der Waals surface area contributed by atoms with Gasteiger partial charge in [0.2, 0.25) is 5.95 Å². The van der Waals surface area contributed by atoms with Crippen molar-refractivity contribution in [2.24, 2.45) is 12.8 Å². The number of benzene rings is 1. The van der Waals surface area contributed by atoms with E-state index in [1.54, 1.807) is 4.68 Å². The van der Waals surface area contributed by atoms with Crippen LogP contribution < -0.4 is 16.4 Å². The van der Waals surface area contributed by atoms with E-state index < -0.39 is 0 Å². The first-order chi connectivity index (χ1) is 17.0. The van der Waals surface area contributed by atoms with Gasteiger partial charge in [0.25, 0.3) is 5.91 Å². The number of para-hydroxylation sites is 1. The van der Waals surface area contributed by atoms with Gasteiger partial charge in [0.05, 0.1) is 11.4 Å². The molecule has 2 aliphatic rings. The maximum atomic E-state index is 13.5. The van der Waals surface area contributed by atoms with Crippen molar-refractivity contribution in [2.45, 2.75) is 77.3 Å². The second-order valence-electron chi connectivity index (χ2n) is 9.74. The van der Waals surface area contributed by atoms with Gasteiger partial charge in [-0.15, -0.1) is 0 Å². The summed E-state index contributed by atoms with van der Waals surface area (Å²) in [5, 5.41) is 11.3. The van der Waals surface area contributed by atoms with Crippen molar-refractivity contribution in [1.29, 1.82) is 0 Å². The average molecular weight is 474 g/mol. The summed E-state index contributed by atoms with van der Waals surface area (Å²) in [6.45, 7) is 4.22. The number of rotatable bonds is 6. The van der Waals surface area contributed by atoms with Crippen molar-refractivity contribution < 1.29 is 4.79 Å². The maximum absolute atomic E-state index is 13.5. The second kappa shape index (κ2) is 9.77. The monoisotopic (exact) mass is 473 g/mol. The molecule has 0 unspecified atom stereocenters. The quantitative estimate of drug-likeness (QED) is 0.498. The summed E-state index contributed by atoms with van der Waals surface area (Å²) in [4.78, 5) is 22.9. The molecule has 35 heavy (non-hydrogen) atoms. The summed E-state index contributed by atoms with van der Waals surface area (Å²) in [6.07, 6.45) is 9.27. The van der Waals surface area contributed by atoms with Crippen LogP contribution in [0.15, 0.2) is 24.4 Å². The minimum Gasteiger partial charge on any atom is -0.351 e. The molecule has 2 aliphatic carbocycles. The number of anilines is 2. The highest BCUT2D eigenvalue weighted by Crippen LogP contribution is 2.35. The van der Waals surface area contributed by atoms with Gasteiger partial charge >= 0.3 is 0 Å². The fourth-order valence-electron chi connectivity index (χ4n) is 5.43. The molecule has 5 rings (SSSR count). The Morgan fingerprint density at radius 2 is 1.83 bits per heavy atom. The van der Waals surface area contributed by atoms with Crippen molar-refractivity contribution >= 4 is 17.5 Å². The van der Waals surface area contributed by atoms with Crippen LogP contribution >= 0.6 is 0 Å². The van der Waals surface area contributed by atoms with E-state index in [1.807, 2.05) is 13.2 Å². The summed E-state index contributed by atoms with van der Waals surface area (Å²) < 4.78 is 1.80. The number of nitrogens with two attached hydrogens (primary N) is 1. The van der Waals surface area contributed by atoms with Crippen LogP contribution in [0.25, 0.3) is 11.4 Å². The maximum Gasteiger partial charge on any atom is 0.276 e. The third-order valence-corrected chi connectivity index (χ3v) is 7.44. The van der Waals surface area contributed by atoms with Crippen LogP contribution in [-0.4, -0.2) is 37.7 Å². The van der Waals surface area contributed by atoms with Gasteiger partial charge in [-0.05, 0) is 68.1 Å². The normalized spacial score (nSPS) is 19.1. The molecule has 0 atom stereocenters. The largest absolute Gasteiger partial charge is 0.351 e. The number of carbonyl (C=O) groups is 1. The van der Waals surface area contributed by atoms with Crippen molar-refractivity contribution in [3.8, 4) is 11.4 Å². The lowest BCUT2D eigenvalue weighted by Gasteiger charge is -2.27. The summed E-state index contributed by atoms with van der Waals surface area (Å²) in [6, 6.07) is 6.85. The highest BCUT2D eigenvalue weighted by Gasteiger charge is 2.30. The SMILES string of the molecule is CCc1cccc(CC)c1NC(=O)c1nn(C)c2c1CCc1cnc(NC3CCC(N)CC3)nc1-2. The number of amides is 1. The van der Waals surface area contributed by atoms with Gasteiger partial charge in [-0.1, -0.05) is 32.0 Å². The molecule has 3 aromatic rings. The van der Waals surface area contributed by atoms with Gasteiger partial charge in [-0.2, -0.15) is 5.10 Å². The van der Waals surface area contributed by atoms with Crippen LogP contribution in [0.5, 0.6) is 0 Å². The van der Waals surface area contributed by atoms with Gasteiger partial charge in [0.1, 0.15) is 0 Å². The Morgan fingerprint density at radius 1 is 1.11 bits per heavy atom. The average Bonchev–Trinajstić information content (AvgIpc) is 3.22. The first-order valence-electron chi connectivity index (χ1n) is 12.8. The predicted molar refractivity (Wildman–Crippen MR) is 139 cm³/mol. The number of nitrogens with zero attached hydrogens (tertiary/aromatic N) is 4. The van der Waals surface area contributed by atoms with Crippen LogP contribution in [0.3, 0.4) is 0 Å². The molecule has 1 amide bonds. The molecule has 1 saturated carbocycles. The number of aryl methyl sites for hydroxylation is 4. The van der Waals surface area contributed by atoms with E-state index >= 15 is 0 Å². The molecule has 0 aliphatic heterocycles. The Hall–Kier alpha value is -3.26. The summed E-state index contributed by atoms with van der Waals surface area (Å²) in [5.74, 6) is 0.473. The van der Waals surface area contributed by atoms with Crippen LogP contribution in [0, 0.1) is 0 Å². The van der Waals surface area contributed by atoms with Crippen LogP contribution in [0.1, 0.15) is 72.3 Å². The number of fused-ring (bicyclic) bond motifs is 3. The summed E-state index contributed by atoms with van der Waals surface area (Å²) in [5.41, 5.74) is 13.6. The Bertz CT molecular complexity index is 1220. The highest BCUT2D eigenvalue weighted by atomic mass is 16.2. The van der Waals surface area contributed by atoms with Gasteiger partial charge < -0.3 is 16.4 Å². The molecule has 1 fully saturated rings. The molecular weight excluding hydrogens is 438 g/mol. The fraction of sp³-hybridized carbons (Fsp3) is 0.481. The van der Waals surface area contributed by atoms with Crippen molar-refractivity contribution in [3.05, 3.63) is 52.3 Å². The molecule has 4 N–H and O–H groups in total. The highest BCUT2D eigenvalue weighted by molar-refractivity contribution is 6.05. The Balaban J connectivity index is 1.44. The van der Waals surface area contributed by atoms with Gasteiger partial charge in [-0.3, -0.25) is 9.48 Å². The van der Waals surface area contributed by atoms with Crippen molar-refractivity contribution in [1.82, 2.24) is 19.7 Å². The third-order valence-electron chi connectivity index (χ3n) is 7.44. The lowest BCUT2D eigenvalue weighted by Crippen LogP contribution is -2.33. The first-order valence-corrected chi connectivity index (χ1v) is 12.8. The predicted octanol–water partition coefficient (Wildman–Crippen LogP) is 4.03. The molecule has 2 aromatic heterocycles. The molecule has 8 heteroatoms. The number of carbonyl (C=O) groups excluding carboxylic acids is 1. The molecule has 8 nitrogen and oxygen atoms in total. The minimum absolute atomic E-state index is 0.160. The zero-order valence-corrected chi connectivity index (χ0v) is 20.9. The molecule has 0 radical (unpaired) electrons. The van der Waals surface area contributed by atoms with Gasteiger partial charge in [0, 0.05) is 36.6 Å². The van der Waals surface area contributed by atoms with E-state index in [-0.39, 0.29) is 5.91 Å². The molecule has 1 aromatic carbocycles. The fourth-order valence-corrected chi connectivity index (χ4v) is 5.43. The topological polar surface area (TPSA) is 111 Å². The van der Waals surface area contributed by atoms with Crippen molar-refractivity contribution in [2.75, 3.05) is 10.6 Å². The van der Waals surface area contributed by atoms with E-state index in [0.29, 0.717) is 23.7 Å². The standard InChI is InChI=1S/C27H35N7O/c1-4-16-7-6-8-17(5-2)22(16)31-26(35)24-21-14-9-18-15-29-27(30-20-12-10-19(28)11-13-20)32-23(18)25(21)34(3)33-24/h6-8,15,19-20H,4-5,9-14,28H2,1-3H3,(H,31,35)(H,29,30,32). The molecule has 0 spiro atoms. The summed E-state index contributed by atoms with van der Waals surface area (Å²) in [7, 11) is 1.89. The molecule has 0 bridgehead atoms. The first kappa shape index (κ1) is 23.5. The number of aromatic nitrogens is 4. The van der Waals surface area contributed by atoms with Crippen molar-refractivity contribution in [3.63, 3.8) is 0 Å². The molecular formula is C27H35N7O. The molecule has 2 heterocycles. The lowest BCUT2D eigenvalue weighted by atomic mass is 9.92. The zero-order valence-electron chi connectivity index (χ0n) is 20.9. The van der Waals surface area contributed by atoms with Crippen LogP contribution in [0.4, 0.5) is 11.6 Å². The number of nitrogens with one attached hydrogen (secondary N) is 2. The Kier molecular flexibility index (Phi) is 6.56. The van der Waals surface area contributed by atoms with Gasteiger partial charge in [-0.25, -0.2) is 9.97 Å². The minimum atomic E-state index is -0.160. The second-order valence-corrected chi connectivity index (χ2v) is 9.74. The smallest absolute Gasteiger partial charge is 0.276 e. The Morgan fingerprint density at radius 3 is 2.51 bits per heavy atom. The van der Waals surface area contributed by atoms with E-state index in [9.17, 15) is 4.79 Å².